The van der Waals surface area contributed by atoms with Gasteiger partial charge in [-0.2, -0.15) is 0 Å². The summed E-state index contributed by atoms with van der Waals surface area (Å²) in [5.41, 5.74) is 5.74. The number of Topliss-reactive ketones (excluding diaryl/α,β-unsaturated/α-hetero) is 1. The SMILES string of the molecule is Cc1ccc(-n2c(C)nnc2S[C@@H](C)C(=O)c2ccc3c(c2)CCC3)cc1. The second-order valence-electron chi connectivity index (χ2n) is 7.16. The summed E-state index contributed by atoms with van der Waals surface area (Å²) in [6, 6.07) is 14.4. The topological polar surface area (TPSA) is 47.8 Å². The van der Waals surface area contributed by atoms with Gasteiger partial charge in [0.25, 0.3) is 0 Å². The molecule has 1 aliphatic rings. The van der Waals surface area contributed by atoms with Gasteiger partial charge < -0.3 is 0 Å². The molecule has 0 bridgehead atoms. The van der Waals surface area contributed by atoms with Crippen LogP contribution in [-0.2, 0) is 12.8 Å². The van der Waals surface area contributed by atoms with E-state index in [2.05, 4.69) is 53.5 Å². The summed E-state index contributed by atoms with van der Waals surface area (Å²) in [6.07, 6.45) is 3.40. The van der Waals surface area contributed by atoms with E-state index in [0.29, 0.717) is 0 Å². The molecule has 4 rings (SSSR count). The van der Waals surface area contributed by atoms with E-state index in [1.807, 2.05) is 24.5 Å². The molecule has 0 spiro atoms. The molecule has 4 nitrogen and oxygen atoms in total. The lowest BCUT2D eigenvalue weighted by Gasteiger charge is -2.13. The van der Waals surface area contributed by atoms with Crippen LogP contribution < -0.4 is 0 Å². The molecular formula is C22H23N3OS. The van der Waals surface area contributed by atoms with Crippen molar-refractivity contribution in [1.82, 2.24) is 14.8 Å². The van der Waals surface area contributed by atoms with E-state index >= 15 is 0 Å². The zero-order valence-electron chi connectivity index (χ0n) is 15.9. The number of carbonyl (C=O) groups excluding carboxylic acids is 1. The highest BCUT2D eigenvalue weighted by Gasteiger charge is 2.22. The smallest absolute Gasteiger partial charge is 0.196 e. The number of rotatable bonds is 5. The highest BCUT2D eigenvalue weighted by Crippen LogP contribution is 2.29. The summed E-state index contributed by atoms with van der Waals surface area (Å²) in [4.78, 5) is 13.0. The third kappa shape index (κ3) is 3.56. The van der Waals surface area contributed by atoms with Gasteiger partial charge in [-0.3, -0.25) is 9.36 Å². The molecule has 138 valence electrons. The number of carbonyl (C=O) groups is 1. The van der Waals surface area contributed by atoms with Gasteiger partial charge in [0.2, 0.25) is 0 Å². The van der Waals surface area contributed by atoms with E-state index in [1.165, 1.54) is 34.9 Å². The Morgan fingerprint density at radius 3 is 2.56 bits per heavy atom. The molecule has 0 N–H and O–H groups in total. The fraction of sp³-hybridized carbons (Fsp3) is 0.318. The average Bonchev–Trinajstić information content (AvgIpc) is 3.28. The lowest BCUT2D eigenvalue weighted by molar-refractivity contribution is 0.0993. The normalized spacial score (nSPS) is 14.2. The molecule has 3 aromatic rings. The van der Waals surface area contributed by atoms with Crippen LogP contribution in [-0.4, -0.2) is 25.8 Å². The fourth-order valence-electron chi connectivity index (χ4n) is 3.58. The Balaban J connectivity index is 1.57. The Kier molecular flexibility index (Phi) is 4.87. The largest absolute Gasteiger partial charge is 0.293 e. The van der Waals surface area contributed by atoms with Gasteiger partial charge in [-0.05, 0) is 69.4 Å². The molecule has 2 aromatic carbocycles. The Labute approximate surface area is 164 Å². The van der Waals surface area contributed by atoms with Crippen molar-refractivity contribution in [2.75, 3.05) is 0 Å². The van der Waals surface area contributed by atoms with Crippen LogP contribution in [0.15, 0.2) is 47.6 Å². The van der Waals surface area contributed by atoms with Gasteiger partial charge in [0.15, 0.2) is 10.9 Å². The fourth-order valence-corrected chi connectivity index (χ4v) is 4.57. The van der Waals surface area contributed by atoms with Gasteiger partial charge in [0.1, 0.15) is 5.82 Å². The minimum Gasteiger partial charge on any atom is -0.293 e. The maximum absolute atomic E-state index is 13.0. The van der Waals surface area contributed by atoms with Gasteiger partial charge >= 0.3 is 0 Å². The van der Waals surface area contributed by atoms with Crippen molar-refractivity contribution in [2.24, 2.45) is 0 Å². The van der Waals surface area contributed by atoms with Gasteiger partial charge in [0, 0.05) is 11.3 Å². The average molecular weight is 378 g/mol. The number of hydrogen-bond acceptors (Lipinski definition) is 4. The highest BCUT2D eigenvalue weighted by molar-refractivity contribution is 8.00. The second-order valence-corrected chi connectivity index (χ2v) is 8.47. The number of ketones is 1. The first kappa shape index (κ1) is 18.0. The number of fused-ring (bicyclic) bond motifs is 1. The van der Waals surface area contributed by atoms with Crippen molar-refractivity contribution in [3.05, 3.63) is 70.5 Å². The lowest BCUT2D eigenvalue weighted by Crippen LogP contribution is -2.15. The first-order chi connectivity index (χ1) is 13.0. The van der Waals surface area contributed by atoms with Crippen LogP contribution in [0.3, 0.4) is 0 Å². The van der Waals surface area contributed by atoms with Crippen LogP contribution in [0.4, 0.5) is 0 Å². The standard InChI is InChI=1S/C22H23N3OS/c1-14-7-11-20(12-8-14)25-16(3)23-24-22(25)27-15(2)21(26)19-10-9-17-5-4-6-18(17)13-19/h7-13,15H,4-6H2,1-3H3/t15-/m0/s1. The highest BCUT2D eigenvalue weighted by atomic mass is 32.2. The van der Waals surface area contributed by atoms with Crippen molar-refractivity contribution in [2.45, 2.75) is 50.4 Å². The predicted octanol–water partition coefficient (Wildman–Crippen LogP) is 4.74. The monoisotopic (exact) mass is 377 g/mol. The summed E-state index contributed by atoms with van der Waals surface area (Å²) in [5.74, 6) is 0.962. The van der Waals surface area contributed by atoms with E-state index in [-0.39, 0.29) is 11.0 Å². The maximum Gasteiger partial charge on any atom is 0.196 e. The second kappa shape index (κ2) is 7.31. The third-order valence-electron chi connectivity index (χ3n) is 5.12. The number of aryl methyl sites for hydroxylation is 4. The van der Waals surface area contributed by atoms with Crippen LogP contribution in [0.2, 0.25) is 0 Å². The van der Waals surface area contributed by atoms with Crippen LogP contribution >= 0.6 is 11.8 Å². The summed E-state index contributed by atoms with van der Waals surface area (Å²) >= 11 is 1.47. The van der Waals surface area contributed by atoms with E-state index in [1.54, 1.807) is 0 Å². The van der Waals surface area contributed by atoms with Crippen molar-refractivity contribution < 1.29 is 4.79 Å². The number of nitrogens with zero attached hydrogens (tertiary/aromatic N) is 3. The lowest BCUT2D eigenvalue weighted by atomic mass is 10.0. The van der Waals surface area contributed by atoms with Crippen LogP contribution in [0.1, 0.15) is 46.2 Å². The number of benzene rings is 2. The molecule has 27 heavy (non-hydrogen) atoms. The van der Waals surface area contributed by atoms with E-state index < -0.39 is 0 Å². The molecule has 0 saturated carbocycles. The molecule has 0 aliphatic heterocycles. The van der Waals surface area contributed by atoms with Gasteiger partial charge in [-0.1, -0.05) is 41.6 Å². The molecule has 1 atom stereocenters. The first-order valence-corrected chi connectivity index (χ1v) is 10.2. The van der Waals surface area contributed by atoms with Gasteiger partial charge in [0.05, 0.1) is 5.25 Å². The van der Waals surface area contributed by atoms with E-state index in [4.69, 9.17) is 0 Å². The van der Waals surface area contributed by atoms with Crippen LogP contribution in [0, 0.1) is 13.8 Å². The molecule has 0 unspecified atom stereocenters. The first-order valence-electron chi connectivity index (χ1n) is 9.34. The predicted molar refractivity (Wildman–Crippen MR) is 109 cm³/mol. The van der Waals surface area contributed by atoms with Crippen LogP contribution in [0.5, 0.6) is 0 Å². The Morgan fingerprint density at radius 1 is 1.04 bits per heavy atom. The molecule has 1 aliphatic carbocycles. The number of thioether (sulfide) groups is 1. The molecule has 0 saturated heterocycles. The van der Waals surface area contributed by atoms with E-state index in [9.17, 15) is 4.79 Å². The van der Waals surface area contributed by atoms with E-state index in [0.717, 1.165) is 35.1 Å². The number of aromatic nitrogens is 3. The minimum atomic E-state index is -0.225. The quantitative estimate of drug-likeness (QED) is 0.476. The zero-order chi connectivity index (χ0) is 19.0. The Morgan fingerprint density at radius 2 is 1.78 bits per heavy atom. The van der Waals surface area contributed by atoms with Crippen molar-refractivity contribution in [3.63, 3.8) is 0 Å². The van der Waals surface area contributed by atoms with Crippen molar-refractivity contribution in [3.8, 4) is 5.69 Å². The molecule has 0 radical (unpaired) electrons. The van der Waals surface area contributed by atoms with Gasteiger partial charge in [-0.25, -0.2) is 0 Å². The molecular weight excluding hydrogens is 354 g/mol. The summed E-state index contributed by atoms with van der Waals surface area (Å²) in [6.45, 7) is 5.95. The molecule has 5 heteroatoms. The third-order valence-corrected chi connectivity index (χ3v) is 6.16. The minimum absolute atomic E-state index is 0.144. The summed E-state index contributed by atoms with van der Waals surface area (Å²) < 4.78 is 2.01. The molecule has 1 aromatic heterocycles. The summed E-state index contributed by atoms with van der Waals surface area (Å²) in [7, 11) is 0. The van der Waals surface area contributed by atoms with Crippen molar-refractivity contribution >= 4 is 17.5 Å². The Hall–Kier alpha value is -2.40. The maximum atomic E-state index is 13.0. The zero-order valence-corrected chi connectivity index (χ0v) is 16.7. The summed E-state index contributed by atoms with van der Waals surface area (Å²) in [5, 5.41) is 9.06. The van der Waals surface area contributed by atoms with Crippen LogP contribution in [0.25, 0.3) is 5.69 Å². The van der Waals surface area contributed by atoms with Crippen molar-refractivity contribution in [1.29, 1.82) is 0 Å². The molecule has 1 heterocycles. The number of hydrogen-bond donors (Lipinski definition) is 0. The molecule has 0 fully saturated rings. The Bertz CT molecular complexity index is 991. The molecule has 0 amide bonds. The van der Waals surface area contributed by atoms with Gasteiger partial charge in [-0.15, -0.1) is 10.2 Å².